The summed E-state index contributed by atoms with van der Waals surface area (Å²) in [5.41, 5.74) is -0.182. The van der Waals surface area contributed by atoms with Crippen molar-refractivity contribution in [2.24, 2.45) is 10.4 Å². The van der Waals surface area contributed by atoms with Crippen molar-refractivity contribution in [1.82, 2.24) is 15.5 Å². The molecular weight excluding hydrogens is 332 g/mol. The van der Waals surface area contributed by atoms with Crippen LogP contribution in [0.1, 0.15) is 46.5 Å². The standard InChI is InChI=1S/C19H36N4O3/c1-18(2)15(11-19(18,3)25-6)22-17(21-13-16(24)23(4)5)20-12-14-9-7-8-10-26-14/h14-15H,7-13H2,1-6H3,(H2,20,21,22). The second kappa shape index (κ2) is 8.57. The fourth-order valence-electron chi connectivity index (χ4n) is 3.51. The molecule has 0 spiro atoms. The number of hydrogen-bond donors (Lipinski definition) is 2. The van der Waals surface area contributed by atoms with Gasteiger partial charge in [0.05, 0.1) is 11.7 Å². The van der Waals surface area contributed by atoms with Gasteiger partial charge in [-0.3, -0.25) is 4.79 Å². The number of ether oxygens (including phenoxy) is 2. The van der Waals surface area contributed by atoms with Crippen LogP contribution in [0.25, 0.3) is 0 Å². The van der Waals surface area contributed by atoms with E-state index < -0.39 is 0 Å². The van der Waals surface area contributed by atoms with Gasteiger partial charge in [-0.15, -0.1) is 0 Å². The van der Waals surface area contributed by atoms with Gasteiger partial charge in [0.25, 0.3) is 0 Å². The van der Waals surface area contributed by atoms with Crippen LogP contribution < -0.4 is 10.6 Å². The Hall–Kier alpha value is -1.34. The van der Waals surface area contributed by atoms with E-state index in [1.54, 1.807) is 26.1 Å². The Morgan fingerprint density at radius 2 is 2.04 bits per heavy atom. The Morgan fingerprint density at radius 3 is 2.58 bits per heavy atom. The van der Waals surface area contributed by atoms with Gasteiger partial charge in [-0.05, 0) is 32.6 Å². The Morgan fingerprint density at radius 1 is 1.31 bits per heavy atom. The maximum Gasteiger partial charge on any atom is 0.243 e. The zero-order chi connectivity index (χ0) is 19.4. The Labute approximate surface area is 157 Å². The summed E-state index contributed by atoms with van der Waals surface area (Å²) in [6, 6.07) is 0.237. The molecule has 1 amide bonds. The van der Waals surface area contributed by atoms with Gasteiger partial charge in [0.1, 0.15) is 6.54 Å². The molecule has 0 aromatic carbocycles. The molecule has 2 N–H and O–H groups in total. The minimum Gasteiger partial charge on any atom is -0.378 e. The van der Waals surface area contributed by atoms with Gasteiger partial charge < -0.3 is 25.0 Å². The summed E-state index contributed by atoms with van der Waals surface area (Å²) in [7, 11) is 5.25. The van der Waals surface area contributed by atoms with Gasteiger partial charge in [-0.1, -0.05) is 13.8 Å². The van der Waals surface area contributed by atoms with E-state index in [1.165, 1.54) is 6.42 Å². The topological polar surface area (TPSA) is 75.2 Å². The fourth-order valence-corrected chi connectivity index (χ4v) is 3.51. The summed E-state index contributed by atoms with van der Waals surface area (Å²) in [6.07, 6.45) is 4.51. The summed E-state index contributed by atoms with van der Waals surface area (Å²) in [5, 5.41) is 6.87. The second-order valence-electron chi connectivity index (χ2n) is 8.38. The van der Waals surface area contributed by atoms with Gasteiger partial charge in [0.2, 0.25) is 5.91 Å². The third-order valence-corrected chi connectivity index (χ3v) is 6.23. The third kappa shape index (κ3) is 4.68. The van der Waals surface area contributed by atoms with Crippen LogP contribution in [0.4, 0.5) is 0 Å². The van der Waals surface area contributed by atoms with E-state index in [0.717, 1.165) is 25.9 Å². The van der Waals surface area contributed by atoms with E-state index in [4.69, 9.17) is 9.47 Å². The Balaban J connectivity index is 1.98. The highest BCUT2D eigenvalue weighted by Crippen LogP contribution is 2.51. The quantitative estimate of drug-likeness (QED) is 0.547. The average molecular weight is 369 g/mol. The van der Waals surface area contributed by atoms with Crippen molar-refractivity contribution in [2.45, 2.75) is 64.2 Å². The molecule has 2 fully saturated rings. The normalized spacial score (nSPS) is 31.1. The number of carbonyl (C=O) groups is 1. The summed E-state index contributed by atoms with van der Waals surface area (Å²) < 4.78 is 11.5. The Kier molecular flexibility index (Phi) is 6.91. The van der Waals surface area contributed by atoms with Gasteiger partial charge in [-0.25, -0.2) is 4.99 Å². The van der Waals surface area contributed by atoms with Crippen molar-refractivity contribution < 1.29 is 14.3 Å². The van der Waals surface area contributed by atoms with E-state index in [2.05, 4.69) is 36.4 Å². The summed E-state index contributed by atoms with van der Waals surface area (Å²) in [5.74, 6) is 0.653. The molecule has 0 aromatic rings. The van der Waals surface area contributed by atoms with Crippen LogP contribution in [0.3, 0.4) is 0 Å². The third-order valence-electron chi connectivity index (χ3n) is 6.23. The van der Waals surface area contributed by atoms with Gasteiger partial charge in [0, 0.05) is 45.8 Å². The van der Waals surface area contributed by atoms with Crippen molar-refractivity contribution in [3.63, 3.8) is 0 Å². The molecule has 3 unspecified atom stereocenters. The number of aliphatic imine (C=N–C) groups is 1. The number of nitrogens with one attached hydrogen (secondary N) is 2. The number of amides is 1. The molecule has 3 atom stereocenters. The SMILES string of the molecule is COC1(C)CC(NC(=NCC(=O)N(C)C)NCC2CCCCO2)C1(C)C. The zero-order valence-electron chi connectivity index (χ0n) is 17.2. The highest BCUT2D eigenvalue weighted by molar-refractivity contribution is 5.85. The molecule has 1 aliphatic heterocycles. The van der Waals surface area contributed by atoms with Crippen LogP contribution >= 0.6 is 0 Å². The maximum atomic E-state index is 11.9. The smallest absolute Gasteiger partial charge is 0.243 e. The van der Waals surface area contributed by atoms with Crippen molar-refractivity contribution in [3.05, 3.63) is 0 Å². The van der Waals surface area contributed by atoms with Crippen molar-refractivity contribution in [1.29, 1.82) is 0 Å². The fraction of sp³-hybridized carbons (Fsp3) is 0.895. The van der Waals surface area contributed by atoms with Gasteiger partial charge >= 0.3 is 0 Å². The molecule has 1 saturated heterocycles. The van der Waals surface area contributed by atoms with Crippen LogP contribution in [0, 0.1) is 5.41 Å². The first kappa shape index (κ1) is 21.0. The molecule has 2 rings (SSSR count). The molecule has 1 aliphatic carbocycles. The molecule has 1 saturated carbocycles. The minimum atomic E-state index is -0.151. The minimum absolute atomic E-state index is 0.0189. The molecule has 150 valence electrons. The summed E-state index contributed by atoms with van der Waals surface area (Å²) >= 11 is 0. The molecule has 7 nitrogen and oxygen atoms in total. The predicted octanol–water partition coefficient (Wildman–Crippen LogP) is 1.38. The van der Waals surface area contributed by atoms with E-state index in [-0.39, 0.29) is 35.6 Å². The highest BCUT2D eigenvalue weighted by Gasteiger charge is 2.58. The number of hydrogen-bond acceptors (Lipinski definition) is 4. The maximum absolute atomic E-state index is 11.9. The number of likely N-dealkylation sites (N-methyl/N-ethyl adjacent to an activating group) is 1. The molecule has 26 heavy (non-hydrogen) atoms. The lowest BCUT2D eigenvalue weighted by Crippen LogP contribution is -2.69. The van der Waals surface area contributed by atoms with Crippen LogP contribution in [0.2, 0.25) is 0 Å². The van der Waals surface area contributed by atoms with Crippen LogP contribution in [0.15, 0.2) is 4.99 Å². The summed E-state index contributed by atoms with van der Waals surface area (Å²) in [6.45, 7) is 8.20. The number of guanidine groups is 1. The zero-order valence-corrected chi connectivity index (χ0v) is 17.2. The lowest BCUT2D eigenvalue weighted by atomic mass is 9.56. The number of nitrogens with zero attached hydrogens (tertiary/aromatic N) is 2. The van der Waals surface area contributed by atoms with Crippen molar-refractivity contribution in [2.75, 3.05) is 40.9 Å². The van der Waals surface area contributed by atoms with Crippen molar-refractivity contribution >= 4 is 11.9 Å². The van der Waals surface area contributed by atoms with Gasteiger partial charge in [-0.2, -0.15) is 0 Å². The van der Waals surface area contributed by atoms with Crippen molar-refractivity contribution in [3.8, 4) is 0 Å². The first-order valence-corrected chi connectivity index (χ1v) is 9.61. The molecule has 2 aliphatic rings. The van der Waals surface area contributed by atoms with Crippen LogP contribution in [0.5, 0.6) is 0 Å². The lowest BCUT2D eigenvalue weighted by Gasteiger charge is -2.59. The summed E-state index contributed by atoms with van der Waals surface area (Å²) in [4.78, 5) is 18.0. The number of carbonyl (C=O) groups excluding carboxylic acids is 1. The first-order valence-electron chi connectivity index (χ1n) is 9.61. The predicted molar refractivity (Wildman–Crippen MR) is 103 cm³/mol. The molecule has 7 heteroatoms. The number of methoxy groups -OCH3 is 1. The van der Waals surface area contributed by atoms with Gasteiger partial charge in [0.15, 0.2) is 5.96 Å². The Bertz CT molecular complexity index is 515. The molecule has 0 radical (unpaired) electrons. The van der Waals surface area contributed by atoms with E-state index in [0.29, 0.717) is 12.5 Å². The lowest BCUT2D eigenvalue weighted by molar-refractivity contribution is -0.176. The molecule has 0 aromatic heterocycles. The number of rotatable bonds is 6. The van der Waals surface area contributed by atoms with Crippen LogP contribution in [-0.4, -0.2) is 75.4 Å². The van der Waals surface area contributed by atoms with E-state index in [9.17, 15) is 4.79 Å². The average Bonchev–Trinajstić information content (AvgIpc) is 2.63. The molecular formula is C19H36N4O3. The largest absolute Gasteiger partial charge is 0.378 e. The van der Waals surface area contributed by atoms with Crippen LogP contribution in [-0.2, 0) is 14.3 Å². The monoisotopic (exact) mass is 368 g/mol. The second-order valence-corrected chi connectivity index (χ2v) is 8.38. The highest BCUT2D eigenvalue weighted by atomic mass is 16.5. The first-order chi connectivity index (χ1) is 12.2. The van der Waals surface area contributed by atoms with E-state index >= 15 is 0 Å². The molecule has 0 bridgehead atoms. The van der Waals surface area contributed by atoms with E-state index in [1.807, 2.05) is 0 Å². The molecule has 1 heterocycles.